The van der Waals surface area contributed by atoms with E-state index in [1.165, 1.54) is 16.7 Å². The number of anilines is 1. The van der Waals surface area contributed by atoms with Gasteiger partial charge in [0.05, 0.1) is 12.6 Å². The molecule has 0 heterocycles. The van der Waals surface area contributed by atoms with Gasteiger partial charge in [-0.2, -0.15) is 0 Å². The van der Waals surface area contributed by atoms with Gasteiger partial charge in [0.1, 0.15) is 5.75 Å². The molecule has 0 bridgehead atoms. The summed E-state index contributed by atoms with van der Waals surface area (Å²) >= 11 is 5.53. The zero-order valence-electron chi connectivity index (χ0n) is 15.7. The molecule has 134 valence electrons. The van der Waals surface area contributed by atoms with E-state index in [4.69, 9.17) is 17.0 Å². The van der Waals surface area contributed by atoms with E-state index in [1.807, 2.05) is 31.2 Å². The van der Waals surface area contributed by atoms with E-state index in [0.29, 0.717) is 17.6 Å². The van der Waals surface area contributed by atoms with Crippen molar-refractivity contribution in [1.82, 2.24) is 5.32 Å². The van der Waals surface area contributed by atoms with Gasteiger partial charge in [-0.3, -0.25) is 0 Å². The third-order valence-electron chi connectivity index (χ3n) is 4.14. The second-order valence-electron chi connectivity index (χ2n) is 6.64. The highest BCUT2D eigenvalue weighted by Crippen LogP contribution is 2.26. The molecule has 0 fully saturated rings. The van der Waals surface area contributed by atoms with Crippen LogP contribution in [0.3, 0.4) is 0 Å². The van der Waals surface area contributed by atoms with E-state index >= 15 is 0 Å². The summed E-state index contributed by atoms with van der Waals surface area (Å²) in [7, 11) is 0. The van der Waals surface area contributed by atoms with E-state index in [0.717, 1.165) is 11.4 Å². The van der Waals surface area contributed by atoms with E-state index in [1.54, 1.807) is 0 Å². The third kappa shape index (κ3) is 5.46. The molecule has 0 aromatic heterocycles. The number of nitrogens with one attached hydrogen (secondary N) is 2. The van der Waals surface area contributed by atoms with Gasteiger partial charge in [-0.1, -0.05) is 37.6 Å². The number of aryl methyl sites for hydroxylation is 2. The Morgan fingerprint density at radius 3 is 2.32 bits per heavy atom. The van der Waals surface area contributed by atoms with Crippen LogP contribution in [0.5, 0.6) is 5.75 Å². The van der Waals surface area contributed by atoms with Crippen LogP contribution in [0.25, 0.3) is 0 Å². The Kier molecular flexibility index (Phi) is 6.82. The van der Waals surface area contributed by atoms with Crippen LogP contribution < -0.4 is 15.4 Å². The van der Waals surface area contributed by atoms with Crippen molar-refractivity contribution in [1.29, 1.82) is 0 Å². The predicted octanol–water partition coefficient (Wildman–Crippen LogP) is 5.39. The molecule has 1 atom stereocenters. The SMILES string of the molecule is CCOc1ccc(NC(=S)N[C@H](c2ccc(C)cc2C)C(C)C)cc1. The van der Waals surface area contributed by atoms with Crippen molar-refractivity contribution in [3.63, 3.8) is 0 Å². The topological polar surface area (TPSA) is 33.3 Å². The molecule has 2 aromatic rings. The van der Waals surface area contributed by atoms with Crippen molar-refractivity contribution in [2.24, 2.45) is 5.92 Å². The lowest BCUT2D eigenvalue weighted by atomic mass is 9.92. The fraction of sp³-hybridized carbons (Fsp3) is 0.381. The van der Waals surface area contributed by atoms with Crippen LogP contribution >= 0.6 is 12.2 Å². The number of thiocarbonyl (C=S) groups is 1. The number of hydrogen-bond acceptors (Lipinski definition) is 2. The Morgan fingerprint density at radius 1 is 1.08 bits per heavy atom. The predicted molar refractivity (Wildman–Crippen MR) is 110 cm³/mol. The largest absolute Gasteiger partial charge is 0.494 e. The van der Waals surface area contributed by atoms with E-state index in [9.17, 15) is 0 Å². The van der Waals surface area contributed by atoms with Gasteiger partial charge < -0.3 is 15.4 Å². The maximum absolute atomic E-state index is 5.53. The highest BCUT2D eigenvalue weighted by molar-refractivity contribution is 7.80. The maximum Gasteiger partial charge on any atom is 0.171 e. The van der Waals surface area contributed by atoms with E-state index in [2.05, 4.69) is 56.5 Å². The van der Waals surface area contributed by atoms with Crippen molar-refractivity contribution < 1.29 is 4.74 Å². The summed E-state index contributed by atoms with van der Waals surface area (Å²) in [6.45, 7) is 11.3. The summed E-state index contributed by atoms with van der Waals surface area (Å²) in [5.41, 5.74) is 4.80. The van der Waals surface area contributed by atoms with Crippen molar-refractivity contribution in [2.45, 2.75) is 40.7 Å². The molecule has 0 radical (unpaired) electrons. The number of ether oxygens (including phenoxy) is 1. The van der Waals surface area contributed by atoms with Crippen LogP contribution in [-0.4, -0.2) is 11.7 Å². The first-order valence-electron chi connectivity index (χ1n) is 8.78. The normalized spacial score (nSPS) is 11.9. The number of hydrogen-bond donors (Lipinski definition) is 2. The molecule has 0 spiro atoms. The van der Waals surface area contributed by atoms with Gasteiger partial charge in [0.2, 0.25) is 0 Å². The van der Waals surface area contributed by atoms with Crippen LogP contribution in [0.1, 0.15) is 43.5 Å². The maximum atomic E-state index is 5.53. The Labute approximate surface area is 156 Å². The van der Waals surface area contributed by atoms with Crippen molar-refractivity contribution >= 4 is 23.0 Å². The highest BCUT2D eigenvalue weighted by atomic mass is 32.1. The first kappa shape index (κ1) is 19.3. The van der Waals surface area contributed by atoms with Crippen LogP contribution in [0, 0.1) is 19.8 Å². The molecule has 0 amide bonds. The Balaban J connectivity index is 2.07. The standard InChI is InChI=1S/C21H28N2OS/c1-6-24-18-10-8-17(9-11-18)22-21(25)23-20(14(2)3)19-12-7-15(4)13-16(19)5/h7-14,20H,6H2,1-5H3,(H2,22,23,25)/t20-/m0/s1. The van der Waals surface area contributed by atoms with E-state index in [-0.39, 0.29) is 6.04 Å². The average Bonchev–Trinajstić information content (AvgIpc) is 2.55. The molecule has 25 heavy (non-hydrogen) atoms. The fourth-order valence-electron chi connectivity index (χ4n) is 2.89. The monoisotopic (exact) mass is 356 g/mol. The molecule has 0 aliphatic carbocycles. The van der Waals surface area contributed by atoms with Crippen LogP contribution in [0.2, 0.25) is 0 Å². The molecule has 0 aliphatic rings. The minimum atomic E-state index is 0.170. The second kappa shape index (κ2) is 8.86. The lowest BCUT2D eigenvalue weighted by molar-refractivity contribution is 0.340. The summed E-state index contributed by atoms with van der Waals surface area (Å²) in [6.07, 6.45) is 0. The Morgan fingerprint density at radius 2 is 1.76 bits per heavy atom. The quantitative estimate of drug-likeness (QED) is 0.680. The summed E-state index contributed by atoms with van der Waals surface area (Å²) in [6, 6.07) is 14.6. The minimum absolute atomic E-state index is 0.170. The highest BCUT2D eigenvalue weighted by Gasteiger charge is 2.18. The van der Waals surface area contributed by atoms with Crippen LogP contribution in [0.4, 0.5) is 5.69 Å². The second-order valence-corrected chi connectivity index (χ2v) is 7.05. The third-order valence-corrected chi connectivity index (χ3v) is 4.36. The van der Waals surface area contributed by atoms with Gasteiger partial charge in [0.25, 0.3) is 0 Å². The van der Waals surface area contributed by atoms with Crippen molar-refractivity contribution in [3.8, 4) is 5.75 Å². The summed E-state index contributed by atoms with van der Waals surface area (Å²) in [5, 5.41) is 7.36. The number of rotatable bonds is 6. The molecule has 4 heteroatoms. The van der Waals surface area contributed by atoms with Crippen LogP contribution in [0.15, 0.2) is 42.5 Å². The van der Waals surface area contributed by atoms with Gasteiger partial charge in [0, 0.05) is 5.69 Å². The summed E-state index contributed by atoms with van der Waals surface area (Å²) in [5.74, 6) is 1.28. The Bertz CT molecular complexity index is 710. The molecule has 2 aromatic carbocycles. The first-order chi connectivity index (χ1) is 11.9. The molecule has 2 N–H and O–H groups in total. The Hall–Kier alpha value is -2.07. The lowest BCUT2D eigenvalue weighted by Gasteiger charge is -2.26. The van der Waals surface area contributed by atoms with Gasteiger partial charge in [-0.25, -0.2) is 0 Å². The molecular weight excluding hydrogens is 328 g/mol. The van der Waals surface area contributed by atoms with Crippen molar-refractivity contribution in [2.75, 3.05) is 11.9 Å². The smallest absolute Gasteiger partial charge is 0.171 e. The number of benzene rings is 2. The molecule has 0 saturated carbocycles. The van der Waals surface area contributed by atoms with Crippen LogP contribution in [-0.2, 0) is 0 Å². The van der Waals surface area contributed by atoms with Gasteiger partial charge >= 0.3 is 0 Å². The van der Waals surface area contributed by atoms with Gasteiger partial charge in [-0.05, 0) is 74.3 Å². The van der Waals surface area contributed by atoms with E-state index < -0.39 is 0 Å². The fourth-order valence-corrected chi connectivity index (χ4v) is 3.13. The molecule has 3 nitrogen and oxygen atoms in total. The van der Waals surface area contributed by atoms with Gasteiger partial charge in [0.15, 0.2) is 5.11 Å². The summed E-state index contributed by atoms with van der Waals surface area (Å²) < 4.78 is 5.47. The first-order valence-corrected chi connectivity index (χ1v) is 9.19. The zero-order chi connectivity index (χ0) is 18.4. The molecule has 0 aliphatic heterocycles. The van der Waals surface area contributed by atoms with Gasteiger partial charge in [-0.15, -0.1) is 0 Å². The molecule has 0 saturated heterocycles. The zero-order valence-corrected chi connectivity index (χ0v) is 16.5. The van der Waals surface area contributed by atoms with Crippen molar-refractivity contribution in [3.05, 3.63) is 59.2 Å². The molecule has 2 rings (SSSR count). The minimum Gasteiger partial charge on any atom is -0.494 e. The average molecular weight is 357 g/mol. The molecule has 0 unspecified atom stereocenters. The lowest BCUT2D eigenvalue weighted by Crippen LogP contribution is -2.35. The summed E-state index contributed by atoms with van der Waals surface area (Å²) in [4.78, 5) is 0. The molecular formula is C21H28N2OS.